The molecule has 0 rings (SSSR count). The van der Waals surface area contributed by atoms with E-state index in [2.05, 4.69) is 13.8 Å². The van der Waals surface area contributed by atoms with Crippen LogP contribution in [0.25, 0.3) is 0 Å². The van der Waals surface area contributed by atoms with Crippen molar-refractivity contribution >= 4 is 0 Å². The lowest BCUT2D eigenvalue weighted by molar-refractivity contribution is 0.148. The van der Waals surface area contributed by atoms with Crippen LogP contribution in [0.4, 0.5) is 0 Å². The highest BCUT2D eigenvalue weighted by Gasteiger charge is 2.01. The maximum absolute atomic E-state index is 9.48. The minimum atomic E-state index is -0.0261. The van der Waals surface area contributed by atoms with Crippen molar-refractivity contribution in [2.45, 2.75) is 71.3 Å². The first-order valence-corrected chi connectivity index (χ1v) is 5.49. The molecule has 0 fully saturated rings. The van der Waals surface area contributed by atoms with Crippen LogP contribution in [0.2, 0.25) is 0 Å². The molecule has 0 bridgehead atoms. The molecule has 0 aromatic heterocycles. The van der Waals surface area contributed by atoms with Crippen LogP contribution in [0, 0.1) is 0 Å². The molecule has 0 spiro atoms. The van der Waals surface area contributed by atoms with Gasteiger partial charge in [-0.15, -0.1) is 0 Å². The van der Waals surface area contributed by atoms with Crippen molar-refractivity contribution in [3.05, 3.63) is 0 Å². The fourth-order valence-corrected chi connectivity index (χ4v) is 1.39. The monoisotopic (exact) mass is 172 g/mol. The Bertz CT molecular complexity index is 81.1. The number of hydrogen-bond acceptors (Lipinski definition) is 1. The lowest BCUT2D eigenvalue weighted by Gasteiger charge is -2.08. The molecule has 1 nitrogen and oxygen atoms in total. The van der Waals surface area contributed by atoms with Gasteiger partial charge in [-0.05, 0) is 12.8 Å². The van der Waals surface area contributed by atoms with Crippen LogP contribution >= 0.6 is 0 Å². The first-order chi connectivity index (χ1) is 5.81. The van der Waals surface area contributed by atoms with Gasteiger partial charge in [-0.1, -0.05) is 52.4 Å². The van der Waals surface area contributed by atoms with E-state index in [1.165, 1.54) is 38.5 Å². The van der Waals surface area contributed by atoms with E-state index in [1.807, 2.05) is 0 Å². The second-order valence-corrected chi connectivity index (χ2v) is 3.65. The molecule has 0 saturated carbocycles. The average Bonchev–Trinajstić information content (AvgIpc) is 2.09. The molecule has 0 aliphatic rings. The summed E-state index contributed by atoms with van der Waals surface area (Å²) in [7, 11) is 0. The van der Waals surface area contributed by atoms with Crippen LogP contribution in [0.15, 0.2) is 0 Å². The lowest BCUT2D eigenvalue weighted by Crippen LogP contribution is -2.05. The highest BCUT2D eigenvalue weighted by Crippen LogP contribution is 2.09. The number of aliphatic hydroxyl groups excluding tert-OH is 1. The van der Waals surface area contributed by atoms with Gasteiger partial charge < -0.3 is 5.11 Å². The Balaban J connectivity index is 3.02. The zero-order valence-electron chi connectivity index (χ0n) is 8.68. The summed E-state index contributed by atoms with van der Waals surface area (Å²) < 4.78 is 0. The molecule has 1 N–H and O–H groups in total. The van der Waals surface area contributed by atoms with Gasteiger partial charge in [0.25, 0.3) is 0 Å². The van der Waals surface area contributed by atoms with Gasteiger partial charge in [0.1, 0.15) is 0 Å². The van der Waals surface area contributed by atoms with Crippen LogP contribution in [0.5, 0.6) is 0 Å². The molecule has 0 saturated heterocycles. The Morgan fingerprint density at radius 3 is 2.00 bits per heavy atom. The summed E-state index contributed by atoms with van der Waals surface area (Å²) in [4.78, 5) is 0. The second kappa shape index (κ2) is 9.05. The van der Waals surface area contributed by atoms with Crippen molar-refractivity contribution in [1.29, 1.82) is 0 Å². The van der Waals surface area contributed by atoms with Gasteiger partial charge in [0.05, 0.1) is 6.10 Å². The smallest absolute Gasteiger partial charge is 0.0540 e. The van der Waals surface area contributed by atoms with Crippen LogP contribution in [-0.4, -0.2) is 11.2 Å². The van der Waals surface area contributed by atoms with Gasteiger partial charge in [-0.2, -0.15) is 0 Å². The van der Waals surface area contributed by atoms with E-state index in [0.717, 1.165) is 12.8 Å². The fourth-order valence-electron chi connectivity index (χ4n) is 1.39. The van der Waals surface area contributed by atoms with Gasteiger partial charge in [0.15, 0.2) is 0 Å². The molecule has 0 aromatic rings. The zero-order chi connectivity index (χ0) is 9.23. The van der Waals surface area contributed by atoms with Crippen molar-refractivity contribution < 1.29 is 5.11 Å². The van der Waals surface area contributed by atoms with Crippen molar-refractivity contribution in [2.75, 3.05) is 0 Å². The molecule has 0 aliphatic carbocycles. The predicted octanol–water partition coefficient (Wildman–Crippen LogP) is 3.51. The van der Waals surface area contributed by atoms with E-state index in [-0.39, 0.29) is 6.10 Å². The minimum Gasteiger partial charge on any atom is -0.393 e. The molecule has 74 valence electrons. The number of rotatable bonds is 8. The second-order valence-electron chi connectivity index (χ2n) is 3.65. The number of hydrogen-bond donors (Lipinski definition) is 1. The third kappa shape index (κ3) is 8.06. The van der Waals surface area contributed by atoms with Gasteiger partial charge in [0, 0.05) is 0 Å². The molecular formula is C11H24O. The lowest BCUT2D eigenvalue weighted by atomic mass is 10.1. The summed E-state index contributed by atoms with van der Waals surface area (Å²) in [5.74, 6) is 0. The van der Waals surface area contributed by atoms with E-state index in [1.54, 1.807) is 0 Å². The summed E-state index contributed by atoms with van der Waals surface area (Å²) in [5.41, 5.74) is 0. The maximum Gasteiger partial charge on any atom is 0.0540 e. The van der Waals surface area contributed by atoms with Gasteiger partial charge in [-0.25, -0.2) is 0 Å². The van der Waals surface area contributed by atoms with Crippen molar-refractivity contribution in [3.8, 4) is 0 Å². The van der Waals surface area contributed by atoms with Crippen molar-refractivity contribution in [3.63, 3.8) is 0 Å². The molecule has 0 aliphatic heterocycles. The normalized spacial score (nSPS) is 13.2. The molecule has 12 heavy (non-hydrogen) atoms. The molecule has 0 heterocycles. The van der Waals surface area contributed by atoms with E-state index in [0.29, 0.717) is 0 Å². The summed E-state index contributed by atoms with van der Waals surface area (Å²) in [6, 6.07) is 0. The third-order valence-electron chi connectivity index (χ3n) is 2.28. The first kappa shape index (κ1) is 12.0. The van der Waals surface area contributed by atoms with E-state index in [9.17, 15) is 5.11 Å². The van der Waals surface area contributed by atoms with Crippen LogP contribution < -0.4 is 0 Å². The van der Waals surface area contributed by atoms with Crippen molar-refractivity contribution in [1.82, 2.24) is 0 Å². The van der Waals surface area contributed by atoms with E-state index < -0.39 is 0 Å². The van der Waals surface area contributed by atoms with E-state index >= 15 is 0 Å². The Kier molecular flexibility index (Phi) is 9.02. The SMILES string of the molecule is CCCCCCC(O)CCCC. The third-order valence-corrected chi connectivity index (χ3v) is 2.28. The Labute approximate surface area is 77.2 Å². The maximum atomic E-state index is 9.48. The molecule has 0 aromatic carbocycles. The quantitative estimate of drug-likeness (QED) is 0.555. The van der Waals surface area contributed by atoms with Crippen LogP contribution in [0.3, 0.4) is 0 Å². The number of aliphatic hydroxyl groups is 1. The molecule has 1 atom stereocenters. The number of unbranched alkanes of at least 4 members (excludes halogenated alkanes) is 4. The Hall–Kier alpha value is -0.0400. The molecule has 1 heteroatoms. The zero-order valence-corrected chi connectivity index (χ0v) is 8.68. The van der Waals surface area contributed by atoms with Gasteiger partial charge in [0.2, 0.25) is 0 Å². The molecular weight excluding hydrogens is 148 g/mol. The Morgan fingerprint density at radius 2 is 1.42 bits per heavy atom. The summed E-state index contributed by atoms with van der Waals surface area (Å²) in [6.45, 7) is 4.39. The first-order valence-electron chi connectivity index (χ1n) is 5.49. The average molecular weight is 172 g/mol. The van der Waals surface area contributed by atoms with Gasteiger partial charge in [-0.3, -0.25) is 0 Å². The Morgan fingerprint density at radius 1 is 0.833 bits per heavy atom. The highest BCUT2D eigenvalue weighted by molar-refractivity contribution is 4.55. The van der Waals surface area contributed by atoms with E-state index in [4.69, 9.17) is 0 Å². The molecule has 1 unspecified atom stereocenters. The summed E-state index contributed by atoms with van der Waals surface area (Å²) in [5, 5.41) is 9.48. The predicted molar refractivity (Wildman–Crippen MR) is 54.3 cm³/mol. The molecule has 0 amide bonds. The minimum absolute atomic E-state index is 0.0261. The van der Waals surface area contributed by atoms with Crippen LogP contribution in [-0.2, 0) is 0 Å². The molecule has 0 radical (unpaired) electrons. The topological polar surface area (TPSA) is 20.2 Å². The van der Waals surface area contributed by atoms with Gasteiger partial charge >= 0.3 is 0 Å². The highest BCUT2D eigenvalue weighted by atomic mass is 16.3. The summed E-state index contributed by atoms with van der Waals surface area (Å²) >= 11 is 0. The summed E-state index contributed by atoms with van der Waals surface area (Å²) in [6.07, 6.45) is 9.47. The van der Waals surface area contributed by atoms with Crippen LogP contribution in [0.1, 0.15) is 65.2 Å². The fraction of sp³-hybridized carbons (Fsp3) is 1.00. The van der Waals surface area contributed by atoms with Crippen molar-refractivity contribution in [2.24, 2.45) is 0 Å². The largest absolute Gasteiger partial charge is 0.393 e. The standard InChI is InChI=1S/C11H24O/c1-3-5-7-8-10-11(12)9-6-4-2/h11-12H,3-10H2,1-2H3.